The number of benzene rings is 2. The van der Waals surface area contributed by atoms with Gasteiger partial charge in [-0.15, -0.1) is 0 Å². The van der Waals surface area contributed by atoms with E-state index in [1.165, 1.54) is 5.56 Å². The molecule has 2 fully saturated rings. The van der Waals surface area contributed by atoms with Gasteiger partial charge in [-0.25, -0.2) is 0 Å². The monoisotopic (exact) mass is 436 g/mol. The molecule has 0 bridgehead atoms. The highest BCUT2D eigenvalue weighted by molar-refractivity contribution is 5.80. The minimum Gasteiger partial charge on any atom is -0.497 e. The number of rotatable bonds is 6. The molecule has 3 heterocycles. The van der Waals surface area contributed by atoms with E-state index in [1.807, 2.05) is 36.4 Å². The summed E-state index contributed by atoms with van der Waals surface area (Å²) in [6, 6.07) is 16.4. The van der Waals surface area contributed by atoms with Gasteiger partial charge in [-0.2, -0.15) is 0 Å². The Labute approximate surface area is 189 Å². The highest BCUT2D eigenvalue weighted by Gasteiger charge is 2.49. The van der Waals surface area contributed by atoms with Crippen molar-refractivity contribution in [3.05, 3.63) is 59.7 Å². The maximum Gasteiger partial charge on any atom is 0.225 e. The second-order valence-corrected chi connectivity index (χ2v) is 9.14. The first kappa shape index (κ1) is 21.3. The Bertz CT molecular complexity index is 943. The van der Waals surface area contributed by atoms with Crippen molar-refractivity contribution >= 4 is 5.91 Å². The molecule has 6 nitrogen and oxygen atoms in total. The van der Waals surface area contributed by atoms with Gasteiger partial charge in [0.1, 0.15) is 11.5 Å². The third-order valence-corrected chi connectivity index (χ3v) is 7.19. The van der Waals surface area contributed by atoms with Crippen molar-refractivity contribution in [3.63, 3.8) is 0 Å². The van der Waals surface area contributed by atoms with Gasteiger partial charge in [-0.05, 0) is 42.5 Å². The van der Waals surface area contributed by atoms with Crippen molar-refractivity contribution in [2.45, 2.75) is 25.4 Å². The quantitative estimate of drug-likeness (QED) is 0.752. The van der Waals surface area contributed by atoms with Crippen LogP contribution in [0.5, 0.6) is 11.5 Å². The predicted molar refractivity (Wildman–Crippen MR) is 122 cm³/mol. The number of hydrogen-bond donors (Lipinski definition) is 1. The number of carbonyl (C=O) groups excluding carboxylic acids is 1. The molecule has 2 saturated heterocycles. The van der Waals surface area contributed by atoms with Gasteiger partial charge in [0.15, 0.2) is 0 Å². The molecule has 6 heteroatoms. The molecule has 1 N–H and O–H groups in total. The summed E-state index contributed by atoms with van der Waals surface area (Å²) < 4.78 is 17.0. The molecule has 170 valence electrons. The molecule has 3 atom stereocenters. The molecule has 1 amide bonds. The van der Waals surface area contributed by atoms with E-state index in [0.717, 1.165) is 56.2 Å². The minimum absolute atomic E-state index is 0.0844. The second-order valence-electron chi connectivity index (χ2n) is 9.14. The maximum absolute atomic E-state index is 13.3. The maximum atomic E-state index is 13.3. The number of hydrogen-bond acceptors (Lipinski definition) is 5. The molecule has 0 aliphatic carbocycles. The van der Waals surface area contributed by atoms with E-state index < -0.39 is 0 Å². The van der Waals surface area contributed by atoms with Gasteiger partial charge in [-0.3, -0.25) is 9.69 Å². The lowest BCUT2D eigenvalue weighted by atomic mass is 9.84. The normalized spacial score (nSPS) is 25.5. The van der Waals surface area contributed by atoms with Crippen LogP contribution in [0.25, 0.3) is 0 Å². The summed E-state index contributed by atoms with van der Waals surface area (Å²) in [6.07, 6.45) is 2.19. The fourth-order valence-electron chi connectivity index (χ4n) is 5.50. The Morgan fingerprint density at radius 1 is 1.16 bits per heavy atom. The van der Waals surface area contributed by atoms with E-state index >= 15 is 0 Å². The summed E-state index contributed by atoms with van der Waals surface area (Å²) in [6.45, 7) is 4.56. The van der Waals surface area contributed by atoms with E-state index in [2.05, 4.69) is 22.3 Å². The van der Waals surface area contributed by atoms with E-state index in [0.29, 0.717) is 19.1 Å². The van der Waals surface area contributed by atoms with E-state index in [4.69, 9.17) is 14.2 Å². The zero-order chi connectivity index (χ0) is 21.9. The minimum atomic E-state index is -0.0844. The van der Waals surface area contributed by atoms with Crippen LogP contribution in [-0.2, 0) is 16.1 Å². The van der Waals surface area contributed by atoms with Crippen LogP contribution in [0, 0.1) is 17.8 Å². The second kappa shape index (κ2) is 9.51. The average molecular weight is 437 g/mol. The standard InChI is InChI=1S/C26H32N2O4/c1-30-20-6-4-5-19(13-20)14-27-26(29)22-16-28(15-18-9-11-31-12-10-18)25-21-7-2-3-8-24(21)32-17-23(22)25/h2-8,13,18,22-23,25H,9-12,14-17H2,1H3,(H,27,29)/t22-,23+,25+/m1/s1. The Kier molecular flexibility index (Phi) is 6.32. The molecule has 3 aliphatic rings. The Hall–Kier alpha value is -2.57. The lowest BCUT2D eigenvalue weighted by molar-refractivity contribution is -0.126. The van der Waals surface area contributed by atoms with E-state index in [-0.39, 0.29) is 23.8 Å². The smallest absolute Gasteiger partial charge is 0.225 e. The third kappa shape index (κ3) is 4.34. The fraction of sp³-hybridized carbons (Fsp3) is 0.500. The molecule has 2 aromatic carbocycles. The molecule has 0 aromatic heterocycles. The molecule has 0 radical (unpaired) electrons. The number of para-hydroxylation sites is 1. The number of methoxy groups -OCH3 is 1. The summed E-state index contributed by atoms with van der Waals surface area (Å²) >= 11 is 0. The van der Waals surface area contributed by atoms with Crippen LogP contribution in [-0.4, -0.2) is 50.8 Å². The fourth-order valence-corrected chi connectivity index (χ4v) is 5.50. The SMILES string of the molecule is COc1cccc(CNC(=O)[C@@H]2CN(CC3CCOCC3)[C@H]3c4ccccc4OC[C@@H]23)c1. The lowest BCUT2D eigenvalue weighted by Crippen LogP contribution is -2.38. The summed E-state index contributed by atoms with van der Waals surface area (Å²) in [5, 5.41) is 3.18. The van der Waals surface area contributed by atoms with Crippen LogP contribution in [0.4, 0.5) is 0 Å². The van der Waals surface area contributed by atoms with Crippen LogP contribution in [0.2, 0.25) is 0 Å². The number of nitrogens with one attached hydrogen (secondary N) is 1. The molecular formula is C26H32N2O4. The van der Waals surface area contributed by atoms with Crippen molar-refractivity contribution in [1.82, 2.24) is 10.2 Å². The molecule has 3 aliphatic heterocycles. The number of carbonyl (C=O) groups is 1. The molecule has 0 unspecified atom stereocenters. The van der Waals surface area contributed by atoms with Crippen LogP contribution in [0.1, 0.15) is 30.0 Å². The van der Waals surface area contributed by atoms with Gasteiger partial charge in [-0.1, -0.05) is 30.3 Å². The number of nitrogens with zero attached hydrogens (tertiary/aromatic N) is 1. The highest BCUT2D eigenvalue weighted by atomic mass is 16.5. The van der Waals surface area contributed by atoms with E-state index in [1.54, 1.807) is 7.11 Å². The van der Waals surface area contributed by atoms with Crippen molar-refractivity contribution in [3.8, 4) is 11.5 Å². The molecule has 5 rings (SSSR count). The lowest BCUT2D eigenvalue weighted by Gasteiger charge is -2.36. The van der Waals surface area contributed by atoms with Crippen molar-refractivity contribution in [2.24, 2.45) is 17.8 Å². The number of likely N-dealkylation sites (tertiary alicyclic amines) is 1. The van der Waals surface area contributed by atoms with Gasteiger partial charge in [0.2, 0.25) is 5.91 Å². The third-order valence-electron chi connectivity index (χ3n) is 7.19. The first-order valence-electron chi connectivity index (χ1n) is 11.7. The summed E-state index contributed by atoms with van der Waals surface area (Å²) in [7, 11) is 1.66. The van der Waals surface area contributed by atoms with Crippen molar-refractivity contribution in [2.75, 3.05) is 40.0 Å². The molecule has 0 spiro atoms. The zero-order valence-electron chi connectivity index (χ0n) is 18.7. The average Bonchev–Trinajstić information content (AvgIpc) is 3.22. The Balaban J connectivity index is 1.33. The van der Waals surface area contributed by atoms with Gasteiger partial charge < -0.3 is 19.5 Å². The first-order chi connectivity index (χ1) is 15.7. The molecule has 32 heavy (non-hydrogen) atoms. The number of ether oxygens (including phenoxy) is 3. The predicted octanol–water partition coefficient (Wildman–Crippen LogP) is 3.42. The van der Waals surface area contributed by atoms with Crippen LogP contribution in [0.3, 0.4) is 0 Å². The van der Waals surface area contributed by atoms with Crippen molar-refractivity contribution in [1.29, 1.82) is 0 Å². The summed E-state index contributed by atoms with van der Waals surface area (Å²) in [4.78, 5) is 15.9. The Morgan fingerprint density at radius 2 is 2.00 bits per heavy atom. The van der Waals surface area contributed by atoms with E-state index in [9.17, 15) is 4.79 Å². The topological polar surface area (TPSA) is 60.0 Å². The molecule has 0 saturated carbocycles. The molecule has 2 aromatic rings. The van der Waals surface area contributed by atoms with Crippen molar-refractivity contribution < 1.29 is 19.0 Å². The first-order valence-corrected chi connectivity index (χ1v) is 11.7. The van der Waals surface area contributed by atoms with Gasteiger partial charge in [0.25, 0.3) is 0 Å². The Morgan fingerprint density at radius 3 is 2.84 bits per heavy atom. The number of fused-ring (bicyclic) bond motifs is 3. The molecular weight excluding hydrogens is 404 g/mol. The van der Waals surface area contributed by atoms with Gasteiger partial charge in [0.05, 0.1) is 19.6 Å². The number of amides is 1. The largest absolute Gasteiger partial charge is 0.497 e. The zero-order valence-corrected chi connectivity index (χ0v) is 18.7. The van der Waals surface area contributed by atoms with Crippen LogP contribution in [0.15, 0.2) is 48.5 Å². The van der Waals surface area contributed by atoms with Gasteiger partial charge >= 0.3 is 0 Å². The summed E-state index contributed by atoms with van der Waals surface area (Å²) in [5.74, 6) is 2.58. The van der Waals surface area contributed by atoms with Crippen LogP contribution >= 0.6 is 0 Å². The van der Waals surface area contributed by atoms with Gasteiger partial charge in [0, 0.05) is 50.4 Å². The highest BCUT2D eigenvalue weighted by Crippen LogP contribution is 2.47. The summed E-state index contributed by atoms with van der Waals surface area (Å²) in [5.41, 5.74) is 2.26. The van der Waals surface area contributed by atoms with Crippen LogP contribution < -0.4 is 14.8 Å².